The minimum atomic E-state index is -0.439. The first-order valence-electron chi connectivity index (χ1n) is 8.70. The highest BCUT2D eigenvalue weighted by molar-refractivity contribution is 5.63. The summed E-state index contributed by atoms with van der Waals surface area (Å²) in [4.78, 5) is 8.09. The number of unbranched alkanes of at least 4 members (excludes halogenated alkanes) is 1. The second kappa shape index (κ2) is 10.8. The topological polar surface area (TPSA) is 25.8 Å². The van der Waals surface area contributed by atoms with Gasteiger partial charge in [-0.3, -0.25) is 0 Å². The zero-order valence-electron chi connectivity index (χ0n) is 15.2. The Morgan fingerprint density at radius 3 is 2.73 bits per heavy atom. The number of hydrogen-bond acceptors (Lipinski definition) is 2. The van der Waals surface area contributed by atoms with Crippen molar-refractivity contribution in [1.82, 2.24) is 9.97 Å². The summed E-state index contributed by atoms with van der Waals surface area (Å²) in [6.45, 7) is 3.58. The minimum absolute atomic E-state index is 0.439. The molecule has 0 radical (unpaired) electrons. The molecule has 0 aliphatic heterocycles. The molecule has 0 saturated carbocycles. The van der Waals surface area contributed by atoms with Crippen LogP contribution in [0.3, 0.4) is 0 Å². The van der Waals surface area contributed by atoms with E-state index in [1.807, 2.05) is 49.4 Å². The van der Waals surface area contributed by atoms with Crippen LogP contribution >= 0.6 is 0 Å². The number of nitrogens with zero attached hydrogens (tertiary/aromatic N) is 2. The first kappa shape index (κ1) is 19.3. The summed E-state index contributed by atoms with van der Waals surface area (Å²) >= 11 is 0. The first-order valence-corrected chi connectivity index (χ1v) is 8.70. The minimum Gasteiger partial charge on any atom is -0.246 e. The van der Waals surface area contributed by atoms with Crippen molar-refractivity contribution in [2.45, 2.75) is 26.7 Å². The van der Waals surface area contributed by atoms with Gasteiger partial charge in [0.25, 0.3) is 0 Å². The van der Waals surface area contributed by atoms with Crippen LogP contribution in [0.2, 0.25) is 0 Å². The van der Waals surface area contributed by atoms with Crippen molar-refractivity contribution in [3.63, 3.8) is 0 Å². The molecule has 0 fully saturated rings. The smallest absolute Gasteiger partial charge is 0.115 e. The van der Waals surface area contributed by atoms with Crippen molar-refractivity contribution < 1.29 is 4.39 Å². The molecular formula is C23H23FN2. The number of alkyl halides is 1. The van der Waals surface area contributed by atoms with Crippen molar-refractivity contribution in [2.75, 3.05) is 6.67 Å². The molecular weight excluding hydrogens is 323 g/mol. The summed E-state index contributed by atoms with van der Waals surface area (Å²) in [6.07, 6.45) is 14.5. The third-order valence-electron chi connectivity index (χ3n) is 3.67. The lowest BCUT2D eigenvalue weighted by Gasteiger charge is -2.00. The maximum atomic E-state index is 12.9. The molecule has 0 N–H and O–H groups in total. The Kier molecular flexibility index (Phi) is 8.02. The van der Waals surface area contributed by atoms with Gasteiger partial charge >= 0.3 is 0 Å². The SMILES string of the molecule is CCC/C=C(/C=C\C=C(/C)C#Cc1cccc(-c2cncnc2)c1)CF. The Hall–Kier alpha value is -2.99. The van der Waals surface area contributed by atoms with Crippen LogP contribution in [0.25, 0.3) is 11.1 Å². The van der Waals surface area contributed by atoms with Crippen molar-refractivity contribution in [1.29, 1.82) is 0 Å². The van der Waals surface area contributed by atoms with Gasteiger partial charge in [-0.25, -0.2) is 14.4 Å². The fourth-order valence-corrected chi connectivity index (χ4v) is 2.25. The number of allylic oxidation sites excluding steroid dienone is 6. The molecule has 0 atom stereocenters. The second-order valence-electron chi connectivity index (χ2n) is 5.87. The number of benzene rings is 1. The monoisotopic (exact) mass is 346 g/mol. The third-order valence-corrected chi connectivity index (χ3v) is 3.67. The number of rotatable bonds is 6. The molecule has 0 bridgehead atoms. The Labute approximate surface area is 155 Å². The molecule has 132 valence electrons. The lowest BCUT2D eigenvalue weighted by molar-refractivity contribution is 0.548. The van der Waals surface area contributed by atoms with Crippen LogP contribution in [0.4, 0.5) is 4.39 Å². The molecule has 3 heteroatoms. The highest BCUT2D eigenvalue weighted by Gasteiger charge is 1.98. The fraction of sp³-hybridized carbons (Fsp3) is 0.217. The van der Waals surface area contributed by atoms with Gasteiger partial charge in [-0.1, -0.05) is 61.6 Å². The van der Waals surface area contributed by atoms with Crippen LogP contribution in [0, 0.1) is 11.8 Å². The van der Waals surface area contributed by atoms with Gasteiger partial charge in [0.2, 0.25) is 0 Å². The summed E-state index contributed by atoms with van der Waals surface area (Å²) < 4.78 is 12.9. The molecule has 0 aliphatic carbocycles. The van der Waals surface area contributed by atoms with Gasteiger partial charge in [-0.05, 0) is 42.2 Å². The van der Waals surface area contributed by atoms with Crippen LogP contribution in [0.15, 0.2) is 78.4 Å². The Morgan fingerprint density at radius 2 is 2.00 bits per heavy atom. The van der Waals surface area contributed by atoms with Gasteiger partial charge in [-0.15, -0.1) is 0 Å². The van der Waals surface area contributed by atoms with Gasteiger partial charge in [0.1, 0.15) is 13.0 Å². The van der Waals surface area contributed by atoms with Crippen molar-refractivity contribution in [2.24, 2.45) is 0 Å². The lowest BCUT2D eigenvalue weighted by atomic mass is 10.1. The van der Waals surface area contributed by atoms with Crippen LogP contribution < -0.4 is 0 Å². The molecule has 26 heavy (non-hydrogen) atoms. The van der Waals surface area contributed by atoms with Crippen LogP contribution in [-0.2, 0) is 0 Å². The predicted octanol–water partition coefficient (Wildman–Crippen LogP) is 5.69. The van der Waals surface area contributed by atoms with Crippen molar-refractivity contribution in [3.8, 4) is 23.0 Å². The van der Waals surface area contributed by atoms with Crippen LogP contribution in [0.1, 0.15) is 32.3 Å². The average molecular weight is 346 g/mol. The van der Waals surface area contributed by atoms with Crippen LogP contribution in [0.5, 0.6) is 0 Å². The first-order chi connectivity index (χ1) is 12.7. The largest absolute Gasteiger partial charge is 0.246 e. The van der Waals surface area contributed by atoms with E-state index in [4.69, 9.17) is 0 Å². The average Bonchev–Trinajstić information content (AvgIpc) is 2.70. The molecule has 1 aromatic carbocycles. The van der Waals surface area contributed by atoms with Crippen LogP contribution in [-0.4, -0.2) is 16.6 Å². The Morgan fingerprint density at radius 1 is 1.19 bits per heavy atom. The van der Waals surface area contributed by atoms with E-state index in [-0.39, 0.29) is 0 Å². The van der Waals surface area contributed by atoms with Crippen molar-refractivity contribution in [3.05, 3.63) is 84.0 Å². The molecule has 0 aliphatic rings. The zero-order chi connectivity index (χ0) is 18.6. The maximum absolute atomic E-state index is 12.9. The molecule has 2 rings (SSSR count). The Bertz CT molecular complexity index is 853. The van der Waals surface area contributed by atoms with E-state index in [1.54, 1.807) is 18.5 Å². The summed E-state index contributed by atoms with van der Waals surface area (Å²) in [5.74, 6) is 6.29. The normalized spacial score (nSPS) is 12.1. The van der Waals surface area contributed by atoms with Gasteiger partial charge in [0.05, 0.1) is 0 Å². The molecule has 0 spiro atoms. The highest BCUT2D eigenvalue weighted by atomic mass is 19.1. The maximum Gasteiger partial charge on any atom is 0.115 e. The quantitative estimate of drug-likeness (QED) is 0.496. The highest BCUT2D eigenvalue weighted by Crippen LogP contribution is 2.18. The van der Waals surface area contributed by atoms with E-state index in [2.05, 4.69) is 28.7 Å². The van der Waals surface area contributed by atoms with E-state index in [0.29, 0.717) is 5.57 Å². The van der Waals surface area contributed by atoms with Gasteiger partial charge in [0.15, 0.2) is 0 Å². The predicted molar refractivity (Wildman–Crippen MR) is 106 cm³/mol. The Balaban J connectivity index is 2.08. The zero-order valence-corrected chi connectivity index (χ0v) is 15.2. The summed E-state index contributed by atoms with van der Waals surface area (Å²) in [7, 11) is 0. The lowest BCUT2D eigenvalue weighted by Crippen LogP contribution is -1.83. The standard InChI is InChI=1S/C23H23FN2/c1-3-4-8-21(15-24)10-5-7-19(2)12-13-20-9-6-11-22(14-20)23-16-25-18-26-17-23/h5-11,14,16-18H,3-4,15H2,1-2H3/b10-5-,19-7+,21-8-. The molecule has 1 aromatic heterocycles. The second-order valence-corrected chi connectivity index (χ2v) is 5.87. The molecule has 0 saturated heterocycles. The number of halogens is 1. The summed E-state index contributed by atoms with van der Waals surface area (Å²) in [5.41, 5.74) is 4.55. The summed E-state index contributed by atoms with van der Waals surface area (Å²) in [5, 5.41) is 0. The van der Waals surface area contributed by atoms with E-state index >= 15 is 0 Å². The fourth-order valence-electron chi connectivity index (χ4n) is 2.25. The molecule has 0 amide bonds. The summed E-state index contributed by atoms with van der Waals surface area (Å²) in [6, 6.07) is 7.97. The van der Waals surface area contributed by atoms with E-state index in [1.165, 1.54) is 6.33 Å². The van der Waals surface area contributed by atoms with Gasteiger partial charge in [-0.2, -0.15) is 0 Å². The molecule has 2 nitrogen and oxygen atoms in total. The van der Waals surface area contributed by atoms with Gasteiger partial charge < -0.3 is 0 Å². The molecule has 0 unspecified atom stereocenters. The number of hydrogen-bond donors (Lipinski definition) is 0. The molecule has 1 heterocycles. The van der Waals surface area contributed by atoms with E-state index in [0.717, 1.165) is 35.1 Å². The molecule has 2 aromatic rings. The van der Waals surface area contributed by atoms with E-state index < -0.39 is 6.67 Å². The third kappa shape index (κ3) is 6.49. The van der Waals surface area contributed by atoms with E-state index in [9.17, 15) is 4.39 Å². The van der Waals surface area contributed by atoms with Crippen molar-refractivity contribution >= 4 is 0 Å². The number of aromatic nitrogens is 2. The van der Waals surface area contributed by atoms with Gasteiger partial charge in [0, 0.05) is 23.5 Å².